The molecule has 1 heterocycles. The van der Waals surface area contributed by atoms with Gasteiger partial charge in [0.15, 0.2) is 11.4 Å². The number of rotatable bonds is 7. The predicted molar refractivity (Wildman–Crippen MR) is 140 cm³/mol. The lowest BCUT2D eigenvalue weighted by Crippen LogP contribution is -2.58. The lowest BCUT2D eigenvalue weighted by atomic mass is 9.59. The minimum absolute atomic E-state index is 0.0300. The van der Waals surface area contributed by atoms with Gasteiger partial charge in [-0.05, 0) is 57.8 Å². The molecule has 0 aromatic heterocycles. The number of hydrogen-bond acceptors (Lipinski definition) is 10. The molecule has 0 bridgehead atoms. The van der Waals surface area contributed by atoms with Gasteiger partial charge in [-0.25, -0.2) is 0 Å². The first-order valence-electron chi connectivity index (χ1n) is 13.3. The topological polar surface area (TPSA) is 174 Å². The van der Waals surface area contributed by atoms with Gasteiger partial charge in [0.05, 0.1) is 12.7 Å². The molecule has 5 rings (SSSR count). The number of amides is 1. The van der Waals surface area contributed by atoms with Crippen LogP contribution in [0.2, 0.25) is 0 Å². The molecule has 1 saturated heterocycles. The van der Waals surface area contributed by atoms with Gasteiger partial charge < -0.3 is 40.7 Å². The van der Waals surface area contributed by atoms with Crippen LogP contribution in [0.1, 0.15) is 42.4 Å². The van der Waals surface area contributed by atoms with Crippen LogP contribution < -0.4 is 10.5 Å². The second kappa shape index (κ2) is 9.96. The van der Waals surface area contributed by atoms with Crippen molar-refractivity contribution in [1.29, 1.82) is 0 Å². The van der Waals surface area contributed by atoms with Gasteiger partial charge in [0.1, 0.15) is 28.6 Å². The highest BCUT2D eigenvalue weighted by Gasteiger charge is 2.60. The van der Waals surface area contributed by atoms with E-state index in [9.17, 15) is 34.8 Å². The minimum atomic E-state index is -2.58. The van der Waals surface area contributed by atoms with Crippen molar-refractivity contribution >= 4 is 23.2 Å². The van der Waals surface area contributed by atoms with E-state index in [0.29, 0.717) is 17.9 Å². The Labute approximate surface area is 226 Å². The number of ether oxygens (including phenoxy) is 1. The van der Waals surface area contributed by atoms with Gasteiger partial charge in [-0.2, -0.15) is 0 Å². The van der Waals surface area contributed by atoms with Crippen molar-refractivity contribution in [2.75, 3.05) is 40.3 Å². The van der Waals surface area contributed by atoms with Gasteiger partial charge in [0.2, 0.25) is 5.78 Å². The van der Waals surface area contributed by atoms with Crippen molar-refractivity contribution in [1.82, 2.24) is 9.80 Å². The monoisotopic (exact) mass is 541 g/mol. The average Bonchev–Trinajstić information content (AvgIpc) is 3.38. The van der Waals surface area contributed by atoms with Crippen LogP contribution in [0.5, 0.6) is 11.5 Å². The summed E-state index contributed by atoms with van der Waals surface area (Å²) in [6.45, 7) is 4.46. The summed E-state index contributed by atoms with van der Waals surface area (Å²) in [6.07, 6.45) is 2.36. The number of hydrogen-bond donors (Lipinski definition) is 5. The zero-order valence-corrected chi connectivity index (χ0v) is 22.2. The molecule has 11 heteroatoms. The van der Waals surface area contributed by atoms with Gasteiger partial charge in [-0.15, -0.1) is 0 Å². The van der Waals surface area contributed by atoms with Crippen molar-refractivity contribution in [3.05, 3.63) is 39.7 Å². The zero-order chi connectivity index (χ0) is 28.2. The van der Waals surface area contributed by atoms with Crippen molar-refractivity contribution in [2.24, 2.45) is 17.6 Å². The molecule has 1 unspecified atom stereocenters. The number of likely N-dealkylation sites (tertiary alicyclic amines) is 1. The van der Waals surface area contributed by atoms with Gasteiger partial charge in [-0.3, -0.25) is 14.4 Å². The maximum absolute atomic E-state index is 13.6. The number of methoxy groups -OCH3 is 1. The highest BCUT2D eigenvalue weighted by Crippen LogP contribution is 2.53. The number of nitrogens with two attached hydrogens (primary N) is 1. The highest BCUT2D eigenvalue weighted by molar-refractivity contribution is 6.22. The molecule has 210 valence electrons. The Balaban J connectivity index is 1.51. The number of aromatic hydroxyl groups is 1. The molecule has 1 saturated carbocycles. The Hall–Kier alpha value is -3.41. The Morgan fingerprint density at radius 1 is 1.21 bits per heavy atom. The fraction of sp³-hybridized carbons (Fsp3) is 0.536. The van der Waals surface area contributed by atoms with Crippen LogP contribution in [0.25, 0.3) is 5.76 Å². The quantitative estimate of drug-likeness (QED) is 0.313. The SMILES string of the molecule is COc1c(CN(C)CCN2CCCC2)cc(O)c2c1CC1C[C@H]3CC(=O)C(C(N)=O)=C(O)[C@@]3(O)C(=O)C1=C2O. The molecule has 39 heavy (non-hydrogen) atoms. The Kier molecular flexibility index (Phi) is 6.94. The van der Waals surface area contributed by atoms with Crippen LogP contribution in [0, 0.1) is 11.8 Å². The van der Waals surface area contributed by atoms with Crippen LogP contribution >= 0.6 is 0 Å². The van der Waals surface area contributed by atoms with E-state index < -0.39 is 52.0 Å². The van der Waals surface area contributed by atoms with E-state index in [0.717, 1.165) is 31.7 Å². The molecule has 3 aliphatic carbocycles. The van der Waals surface area contributed by atoms with Crippen molar-refractivity contribution in [3.8, 4) is 11.5 Å². The van der Waals surface area contributed by atoms with Gasteiger partial charge in [-0.1, -0.05) is 0 Å². The summed E-state index contributed by atoms with van der Waals surface area (Å²) in [5.41, 5.74) is 2.97. The Bertz CT molecular complexity index is 1310. The third-order valence-electron chi connectivity index (χ3n) is 8.73. The molecule has 11 nitrogen and oxygen atoms in total. The number of benzene rings is 1. The first-order valence-corrected chi connectivity index (χ1v) is 13.3. The largest absolute Gasteiger partial charge is 0.508 e. The number of likely N-dealkylation sites (N-methyl/N-ethyl adjacent to an activating group) is 1. The minimum Gasteiger partial charge on any atom is -0.508 e. The van der Waals surface area contributed by atoms with Gasteiger partial charge in [0, 0.05) is 48.7 Å². The number of nitrogens with zero attached hydrogens (tertiary/aromatic N) is 2. The first kappa shape index (κ1) is 27.2. The number of carbonyl (C=O) groups excluding carboxylic acids is 3. The van der Waals surface area contributed by atoms with Crippen LogP contribution in [-0.2, 0) is 27.3 Å². The van der Waals surface area contributed by atoms with E-state index in [1.165, 1.54) is 26.0 Å². The van der Waals surface area contributed by atoms with E-state index in [4.69, 9.17) is 10.5 Å². The van der Waals surface area contributed by atoms with Crippen molar-refractivity contribution in [2.45, 2.75) is 44.2 Å². The summed E-state index contributed by atoms with van der Waals surface area (Å²) in [4.78, 5) is 42.5. The van der Waals surface area contributed by atoms with Crippen molar-refractivity contribution in [3.63, 3.8) is 0 Å². The fourth-order valence-corrected chi connectivity index (χ4v) is 6.79. The summed E-state index contributed by atoms with van der Waals surface area (Å²) in [5.74, 6) is -5.97. The molecule has 1 aromatic carbocycles. The summed E-state index contributed by atoms with van der Waals surface area (Å²) in [6, 6.07) is 1.51. The molecule has 4 aliphatic rings. The van der Waals surface area contributed by atoms with Crippen LogP contribution in [0.15, 0.2) is 23.0 Å². The standard InChI is InChI=1S/C28H35N3O8/c1-30(7-8-31-5-3-4-6-31)13-15-11-18(32)21-17(24(15)39-2)10-14-9-16-12-19(33)22(27(29)37)26(36)28(16,38)25(35)20(14)23(21)34/h11,14,16,32,34,36,38H,3-10,12-13H2,1-2H3,(H2,29,37)/t14?,16-,28-/m0/s1. The van der Waals surface area contributed by atoms with E-state index in [1.54, 1.807) is 0 Å². The van der Waals surface area contributed by atoms with Crippen LogP contribution in [0.3, 0.4) is 0 Å². The number of aliphatic hydroxyl groups excluding tert-OH is 2. The second-order valence-electron chi connectivity index (χ2n) is 11.1. The molecule has 1 aromatic rings. The Morgan fingerprint density at radius 3 is 2.54 bits per heavy atom. The average molecular weight is 542 g/mol. The number of phenolic OH excluding ortho intramolecular Hbond substituents is 1. The zero-order valence-electron chi connectivity index (χ0n) is 22.2. The van der Waals surface area contributed by atoms with E-state index in [-0.39, 0.29) is 36.1 Å². The Morgan fingerprint density at radius 2 is 1.90 bits per heavy atom. The summed E-state index contributed by atoms with van der Waals surface area (Å²) in [5, 5.41) is 44.3. The fourth-order valence-electron chi connectivity index (χ4n) is 6.79. The highest BCUT2D eigenvalue weighted by atomic mass is 16.5. The third-order valence-corrected chi connectivity index (χ3v) is 8.73. The summed E-state index contributed by atoms with van der Waals surface area (Å²) >= 11 is 0. The molecule has 3 atom stereocenters. The third kappa shape index (κ3) is 4.29. The summed E-state index contributed by atoms with van der Waals surface area (Å²) in [7, 11) is 3.50. The molecular weight excluding hydrogens is 506 g/mol. The first-order chi connectivity index (χ1) is 18.5. The van der Waals surface area contributed by atoms with Gasteiger partial charge in [0.25, 0.3) is 5.91 Å². The number of carbonyl (C=O) groups is 3. The smallest absolute Gasteiger partial charge is 0.255 e. The van der Waals surface area contributed by atoms with E-state index >= 15 is 0 Å². The normalized spacial score (nSPS) is 27.1. The van der Waals surface area contributed by atoms with E-state index in [1.807, 2.05) is 7.05 Å². The number of ketones is 2. The molecule has 0 radical (unpaired) electrons. The van der Waals surface area contributed by atoms with Crippen molar-refractivity contribution < 1.29 is 39.5 Å². The number of phenols is 1. The molecule has 1 aliphatic heterocycles. The molecule has 6 N–H and O–H groups in total. The summed E-state index contributed by atoms with van der Waals surface area (Å²) < 4.78 is 5.76. The lowest BCUT2D eigenvalue weighted by Gasteiger charge is -2.46. The molecular formula is C28H35N3O8. The maximum atomic E-state index is 13.6. The lowest BCUT2D eigenvalue weighted by molar-refractivity contribution is -0.147. The number of Topliss-reactive ketones (excluding diaryl/α,β-unsaturated/α-hetero) is 2. The number of primary amides is 1. The van der Waals surface area contributed by atoms with Gasteiger partial charge >= 0.3 is 0 Å². The number of fused-ring (bicyclic) bond motifs is 3. The second-order valence-corrected chi connectivity index (χ2v) is 11.1. The maximum Gasteiger partial charge on any atom is 0.255 e. The van der Waals surface area contributed by atoms with E-state index in [2.05, 4.69) is 9.80 Å². The van der Waals surface area contributed by atoms with Crippen LogP contribution in [0.4, 0.5) is 0 Å². The molecule has 2 fully saturated rings. The van der Waals surface area contributed by atoms with Crippen LogP contribution in [-0.4, -0.2) is 93.6 Å². The number of aliphatic hydroxyl groups is 3. The molecule has 0 spiro atoms. The molecule has 1 amide bonds. The predicted octanol–water partition coefficient (Wildman–Crippen LogP) is 0.960.